The van der Waals surface area contributed by atoms with E-state index in [1.165, 1.54) is 0 Å². The molecule has 0 aliphatic heterocycles. The Morgan fingerprint density at radius 2 is 2.05 bits per heavy atom. The molecule has 0 saturated heterocycles. The Hall–Kier alpha value is -2.46. The largest absolute Gasteiger partial charge is 0.494 e. The zero-order chi connectivity index (χ0) is 15.7. The number of benzene rings is 2. The van der Waals surface area contributed by atoms with Gasteiger partial charge >= 0.3 is 0 Å². The van der Waals surface area contributed by atoms with Crippen LogP contribution in [0.4, 0.5) is 5.69 Å². The van der Waals surface area contributed by atoms with Crippen LogP contribution in [0, 0.1) is 6.92 Å². The van der Waals surface area contributed by atoms with Gasteiger partial charge in [0, 0.05) is 22.1 Å². The fourth-order valence-electron chi connectivity index (χ4n) is 2.34. The molecule has 2 N–H and O–H groups in total. The number of fused-ring (bicyclic) bond motifs is 1. The molecule has 22 heavy (non-hydrogen) atoms. The Bertz CT molecular complexity index is 868. The minimum Gasteiger partial charge on any atom is -0.494 e. The van der Waals surface area contributed by atoms with Crippen LogP contribution in [0.3, 0.4) is 0 Å². The van der Waals surface area contributed by atoms with Gasteiger partial charge in [0.2, 0.25) is 0 Å². The van der Waals surface area contributed by atoms with Gasteiger partial charge in [-0.2, -0.15) is 0 Å². The van der Waals surface area contributed by atoms with Gasteiger partial charge in [-0.25, -0.2) is 0 Å². The molecule has 0 spiro atoms. The second-order valence-electron chi connectivity index (χ2n) is 5.01. The molecule has 0 saturated carbocycles. The summed E-state index contributed by atoms with van der Waals surface area (Å²) >= 11 is 6.03. The third-order valence-electron chi connectivity index (χ3n) is 3.45. The molecular weight excluding hydrogens is 300 g/mol. The Kier molecular flexibility index (Phi) is 3.77. The van der Waals surface area contributed by atoms with Gasteiger partial charge in [0.15, 0.2) is 5.88 Å². The SMILES string of the molecule is COc1ccc(C)cc1N=Cc1c(O)[nH]c2ccc(Cl)cc12. The lowest BCUT2D eigenvalue weighted by Crippen LogP contribution is -1.85. The number of methoxy groups -OCH3 is 1. The number of aliphatic imine (C=N–C) groups is 1. The van der Waals surface area contributed by atoms with Crippen LogP contribution < -0.4 is 4.74 Å². The highest BCUT2D eigenvalue weighted by Crippen LogP contribution is 2.31. The predicted octanol–water partition coefficient (Wildman–Crippen LogP) is 4.59. The van der Waals surface area contributed by atoms with Crippen LogP contribution in [-0.4, -0.2) is 23.4 Å². The van der Waals surface area contributed by atoms with E-state index >= 15 is 0 Å². The van der Waals surface area contributed by atoms with Gasteiger partial charge in [0.1, 0.15) is 11.4 Å². The monoisotopic (exact) mass is 314 g/mol. The van der Waals surface area contributed by atoms with Gasteiger partial charge in [-0.05, 0) is 42.8 Å². The lowest BCUT2D eigenvalue weighted by molar-refractivity contribution is 0.416. The molecule has 1 heterocycles. The fraction of sp³-hybridized carbons (Fsp3) is 0.118. The Balaban J connectivity index is 2.08. The van der Waals surface area contributed by atoms with Crippen LogP contribution in [-0.2, 0) is 0 Å². The number of nitrogens with zero attached hydrogens (tertiary/aromatic N) is 1. The highest BCUT2D eigenvalue weighted by atomic mass is 35.5. The van der Waals surface area contributed by atoms with Crippen LogP contribution in [0.1, 0.15) is 11.1 Å². The smallest absolute Gasteiger partial charge is 0.198 e. The van der Waals surface area contributed by atoms with Crippen LogP contribution >= 0.6 is 11.6 Å². The lowest BCUT2D eigenvalue weighted by Gasteiger charge is -2.04. The molecule has 2 aromatic carbocycles. The van der Waals surface area contributed by atoms with E-state index < -0.39 is 0 Å². The predicted molar refractivity (Wildman–Crippen MR) is 90.0 cm³/mol. The van der Waals surface area contributed by atoms with Crippen molar-refractivity contribution < 1.29 is 9.84 Å². The number of halogens is 1. The molecule has 0 atom stereocenters. The molecular formula is C17H15ClN2O2. The minimum atomic E-state index is 0.0626. The molecule has 0 bridgehead atoms. The van der Waals surface area contributed by atoms with Crippen molar-refractivity contribution in [1.82, 2.24) is 4.98 Å². The summed E-state index contributed by atoms with van der Waals surface area (Å²) in [5, 5.41) is 11.5. The van der Waals surface area contributed by atoms with Crippen molar-refractivity contribution in [3.63, 3.8) is 0 Å². The average molecular weight is 315 g/mol. The first-order valence-corrected chi connectivity index (χ1v) is 7.15. The molecule has 3 rings (SSSR count). The maximum atomic E-state index is 10.1. The molecule has 0 radical (unpaired) electrons. The molecule has 0 fully saturated rings. The lowest BCUT2D eigenvalue weighted by atomic mass is 10.2. The highest BCUT2D eigenvalue weighted by Gasteiger charge is 2.10. The molecule has 4 nitrogen and oxygen atoms in total. The maximum Gasteiger partial charge on any atom is 0.198 e. The third-order valence-corrected chi connectivity index (χ3v) is 3.68. The summed E-state index contributed by atoms with van der Waals surface area (Å²) in [5.74, 6) is 0.742. The second-order valence-corrected chi connectivity index (χ2v) is 5.45. The van der Waals surface area contributed by atoms with Crippen LogP contribution in [0.2, 0.25) is 5.02 Å². The standard InChI is InChI=1S/C17H15ClN2O2/c1-10-3-6-16(22-2)15(7-10)19-9-13-12-8-11(18)4-5-14(12)20-17(13)21/h3-9,20-21H,1-2H3. The van der Waals surface area contributed by atoms with Crippen LogP contribution in [0.5, 0.6) is 11.6 Å². The number of aryl methyl sites for hydroxylation is 1. The number of H-pyrrole nitrogens is 1. The first-order valence-electron chi connectivity index (χ1n) is 6.77. The zero-order valence-electron chi connectivity index (χ0n) is 12.2. The summed E-state index contributed by atoms with van der Waals surface area (Å²) in [6.45, 7) is 1.99. The van der Waals surface area contributed by atoms with Crippen molar-refractivity contribution in [2.24, 2.45) is 4.99 Å². The second kappa shape index (κ2) is 5.73. The van der Waals surface area contributed by atoms with E-state index in [-0.39, 0.29) is 5.88 Å². The number of rotatable bonds is 3. The molecule has 5 heteroatoms. The van der Waals surface area contributed by atoms with Gasteiger partial charge < -0.3 is 14.8 Å². The number of hydrogen-bond acceptors (Lipinski definition) is 3. The van der Waals surface area contributed by atoms with Crippen LogP contribution in [0.15, 0.2) is 41.4 Å². The number of aromatic hydroxyl groups is 1. The molecule has 0 aliphatic rings. The average Bonchev–Trinajstić information content (AvgIpc) is 2.80. The zero-order valence-corrected chi connectivity index (χ0v) is 13.0. The first kappa shape index (κ1) is 14.5. The van der Waals surface area contributed by atoms with Crippen molar-refractivity contribution in [1.29, 1.82) is 0 Å². The number of aromatic nitrogens is 1. The number of hydrogen-bond donors (Lipinski definition) is 2. The quantitative estimate of drug-likeness (QED) is 0.694. The number of ether oxygens (including phenoxy) is 1. The van der Waals surface area contributed by atoms with E-state index in [2.05, 4.69) is 9.98 Å². The maximum absolute atomic E-state index is 10.1. The summed E-state index contributed by atoms with van der Waals surface area (Å²) in [7, 11) is 1.60. The van der Waals surface area contributed by atoms with Gasteiger partial charge in [-0.15, -0.1) is 0 Å². The first-order chi connectivity index (χ1) is 10.6. The number of aromatic amines is 1. The molecule has 1 aromatic heterocycles. The highest BCUT2D eigenvalue weighted by molar-refractivity contribution is 6.31. The van der Waals surface area contributed by atoms with Gasteiger partial charge in [0.25, 0.3) is 0 Å². The molecule has 0 unspecified atom stereocenters. The number of nitrogens with one attached hydrogen (secondary N) is 1. The van der Waals surface area contributed by atoms with Gasteiger partial charge in [0.05, 0.1) is 12.7 Å². The molecule has 0 aliphatic carbocycles. The molecule has 0 amide bonds. The Morgan fingerprint density at radius 1 is 1.23 bits per heavy atom. The van der Waals surface area contributed by atoms with Crippen molar-refractivity contribution in [3.8, 4) is 11.6 Å². The summed E-state index contributed by atoms with van der Waals surface area (Å²) in [6, 6.07) is 11.1. The summed E-state index contributed by atoms with van der Waals surface area (Å²) < 4.78 is 5.30. The van der Waals surface area contributed by atoms with Crippen molar-refractivity contribution in [3.05, 3.63) is 52.5 Å². The van der Waals surface area contributed by atoms with Crippen molar-refractivity contribution in [2.75, 3.05) is 7.11 Å². The van der Waals surface area contributed by atoms with Crippen LogP contribution in [0.25, 0.3) is 10.9 Å². The van der Waals surface area contributed by atoms with Crippen molar-refractivity contribution >= 4 is 34.4 Å². The summed E-state index contributed by atoms with van der Waals surface area (Å²) in [5.41, 5.74) is 3.19. The Morgan fingerprint density at radius 3 is 2.82 bits per heavy atom. The van der Waals surface area contributed by atoms with Crippen molar-refractivity contribution in [2.45, 2.75) is 6.92 Å². The molecule has 3 aromatic rings. The molecule has 112 valence electrons. The topological polar surface area (TPSA) is 57.6 Å². The normalized spacial score (nSPS) is 11.4. The van der Waals surface area contributed by atoms with Gasteiger partial charge in [-0.1, -0.05) is 17.7 Å². The van der Waals surface area contributed by atoms with E-state index in [4.69, 9.17) is 16.3 Å². The van der Waals surface area contributed by atoms with E-state index in [1.807, 2.05) is 31.2 Å². The van der Waals surface area contributed by atoms with E-state index in [0.717, 1.165) is 16.5 Å². The van der Waals surface area contributed by atoms with Gasteiger partial charge in [-0.3, -0.25) is 4.99 Å². The summed E-state index contributed by atoms with van der Waals surface area (Å²) in [4.78, 5) is 7.35. The third kappa shape index (κ3) is 2.65. The summed E-state index contributed by atoms with van der Waals surface area (Å²) in [6.07, 6.45) is 1.61. The van der Waals surface area contributed by atoms with E-state index in [1.54, 1.807) is 25.5 Å². The Labute approximate surface area is 133 Å². The minimum absolute atomic E-state index is 0.0626. The van der Waals surface area contributed by atoms with E-state index in [0.29, 0.717) is 22.0 Å². The fourth-order valence-corrected chi connectivity index (χ4v) is 2.51. The van der Waals surface area contributed by atoms with E-state index in [9.17, 15) is 5.11 Å².